The standard InChI is InChI=1S/C31H36N6O5S2/c1-35(2)28-13-5-12-27-26(28)11-6-14-29(27)44(41,42)37(21-30(38)34-19-22-8-7-17-36(20-22)31(32)33)43(39,40)25-16-15-23-9-3-4-10-24(23)18-25/h3-6,9-16,18,22H,7-8,17,19-21H2,1-2H3,(H3,32,33)(H,34,38)/t22-/m0/s1. The van der Waals surface area contributed by atoms with Gasteiger partial charge in [-0.25, -0.2) is 16.8 Å². The molecule has 13 heteroatoms. The van der Waals surface area contributed by atoms with E-state index in [2.05, 4.69) is 5.32 Å². The fourth-order valence-corrected chi connectivity index (χ4v) is 9.40. The van der Waals surface area contributed by atoms with Crippen molar-refractivity contribution in [2.24, 2.45) is 11.7 Å². The summed E-state index contributed by atoms with van der Waals surface area (Å²) in [5, 5.41) is 12.8. The number of benzene rings is 4. The molecule has 0 aromatic heterocycles. The third-order valence-corrected chi connectivity index (χ3v) is 12.2. The predicted octanol–water partition coefficient (Wildman–Crippen LogP) is 3.16. The van der Waals surface area contributed by atoms with E-state index in [1.54, 1.807) is 47.4 Å². The molecule has 4 aromatic rings. The summed E-state index contributed by atoms with van der Waals surface area (Å²) < 4.78 is 57.4. The molecule has 0 radical (unpaired) electrons. The van der Waals surface area contributed by atoms with Gasteiger partial charge in [0, 0.05) is 50.2 Å². The normalized spacial score (nSPS) is 15.9. The zero-order valence-corrected chi connectivity index (χ0v) is 26.2. The largest absolute Gasteiger partial charge is 0.377 e. The Labute approximate surface area is 257 Å². The van der Waals surface area contributed by atoms with Crippen molar-refractivity contribution in [3.8, 4) is 0 Å². The number of likely N-dealkylation sites (tertiary alicyclic amines) is 1. The summed E-state index contributed by atoms with van der Waals surface area (Å²) in [6, 6.07) is 21.4. The van der Waals surface area contributed by atoms with Crippen LogP contribution in [-0.4, -0.2) is 77.6 Å². The maximum absolute atomic E-state index is 14.4. The summed E-state index contributed by atoms with van der Waals surface area (Å²) in [7, 11) is -5.84. The van der Waals surface area contributed by atoms with Crippen molar-refractivity contribution in [1.82, 2.24) is 13.9 Å². The molecular formula is C31H36N6O5S2. The number of piperidine rings is 1. The van der Waals surface area contributed by atoms with E-state index in [4.69, 9.17) is 11.1 Å². The lowest BCUT2D eigenvalue weighted by Crippen LogP contribution is -2.48. The van der Waals surface area contributed by atoms with Crippen molar-refractivity contribution < 1.29 is 21.6 Å². The van der Waals surface area contributed by atoms with Crippen LogP contribution >= 0.6 is 0 Å². The Kier molecular flexibility index (Phi) is 8.82. The van der Waals surface area contributed by atoms with E-state index >= 15 is 0 Å². The summed E-state index contributed by atoms with van der Waals surface area (Å²) >= 11 is 0. The van der Waals surface area contributed by atoms with Gasteiger partial charge in [-0.15, -0.1) is 0 Å². The summed E-state index contributed by atoms with van der Waals surface area (Å²) in [5.41, 5.74) is 6.39. The fraction of sp³-hybridized carbons (Fsp3) is 0.290. The van der Waals surface area contributed by atoms with Crippen LogP contribution in [0.15, 0.2) is 88.7 Å². The van der Waals surface area contributed by atoms with E-state index in [9.17, 15) is 21.6 Å². The molecule has 0 bridgehead atoms. The average molecular weight is 637 g/mol. The Hall–Kier alpha value is -4.20. The highest BCUT2D eigenvalue weighted by Crippen LogP contribution is 2.34. The lowest BCUT2D eigenvalue weighted by Gasteiger charge is -2.33. The SMILES string of the molecule is CN(C)c1cccc2c(S(=O)(=O)N(CC(=O)NC[C@@H]3CCCN(C(=N)N)C3)S(=O)(=O)c3ccc4ccccc4c3)cccc12. The second-order valence-corrected chi connectivity index (χ2v) is 15.0. The van der Waals surface area contributed by atoms with Gasteiger partial charge < -0.3 is 20.9 Å². The van der Waals surface area contributed by atoms with Crippen LogP contribution in [0.1, 0.15) is 12.8 Å². The van der Waals surface area contributed by atoms with Crippen LogP contribution in [0.5, 0.6) is 0 Å². The van der Waals surface area contributed by atoms with Gasteiger partial charge in [0.25, 0.3) is 20.0 Å². The fourth-order valence-electron chi connectivity index (χ4n) is 5.62. The molecule has 4 aromatic carbocycles. The quantitative estimate of drug-likeness (QED) is 0.187. The predicted molar refractivity (Wildman–Crippen MR) is 173 cm³/mol. The molecule has 5 rings (SSSR count). The van der Waals surface area contributed by atoms with E-state index in [1.807, 2.05) is 37.2 Å². The van der Waals surface area contributed by atoms with Gasteiger partial charge in [-0.05, 0) is 53.8 Å². The molecule has 1 aliphatic heterocycles. The number of nitrogens with zero attached hydrogens (tertiary/aromatic N) is 3. The van der Waals surface area contributed by atoms with Gasteiger partial charge in [-0.1, -0.05) is 58.3 Å². The monoisotopic (exact) mass is 636 g/mol. The maximum atomic E-state index is 14.4. The number of hydrogen-bond acceptors (Lipinski definition) is 7. The van der Waals surface area contributed by atoms with Gasteiger partial charge in [0.15, 0.2) is 5.96 Å². The molecule has 1 aliphatic rings. The Morgan fingerprint density at radius 2 is 1.64 bits per heavy atom. The van der Waals surface area contributed by atoms with E-state index in [-0.39, 0.29) is 28.2 Å². The number of amides is 1. The number of nitrogens with two attached hydrogens (primary N) is 1. The average Bonchev–Trinajstić information content (AvgIpc) is 3.01. The second kappa shape index (κ2) is 12.4. The molecule has 0 unspecified atom stereocenters. The van der Waals surface area contributed by atoms with Crippen LogP contribution in [0.3, 0.4) is 0 Å². The third-order valence-electron chi connectivity index (χ3n) is 7.89. The molecule has 0 aliphatic carbocycles. The first kappa shape index (κ1) is 31.2. The van der Waals surface area contributed by atoms with E-state index in [0.29, 0.717) is 33.0 Å². The van der Waals surface area contributed by atoms with E-state index in [1.165, 1.54) is 18.2 Å². The van der Waals surface area contributed by atoms with Gasteiger partial charge in [-0.3, -0.25) is 10.2 Å². The van der Waals surface area contributed by atoms with Crippen LogP contribution < -0.4 is 16.0 Å². The first-order valence-corrected chi connectivity index (χ1v) is 17.1. The zero-order valence-electron chi connectivity index (χ0n) is 24.6. The molecule has 0 spiro atoms. The highest BCUT2D eigenvalue weighted by Gasteiger charge is 2.39. The lowest BCUT2D eigenvalue weighted by molar-refractivity contribution is -0.121. The Bertz CT molecular complexity index is 1950. The third kappa shape index (κ3) is 6.21. The van der Waals surface area contributed by atoms with Crippen molar-refractivity contribution in [2.75, 3.05) is 45.2 Å². The number of fused-ring (bicyclic) bond motifs is 2. The molecule has 1 amide bonds. The first-order chi connectivity index (χ1) is 20.9. The lowest BCUT2D eigenvalue weighted by atomic mass is 9.98. The topological polar surface area (TPSA) is 157 Å². The minimum absolute atomic E-state index is 0.0266. The van der Waals surface area contributed by atoms with Crippen LogP contribution in [0.25, 0.3) is 21.5 Å². The van der Waals surface area contributed by atoms with Crippen LogP contribution in [0.4, 0.5) is 5.69 Å². The van der Waals surface area contributed by atoms with Crippen molar-refractivity contribution in [3.05, 3.63) is 78.9 Å². The molecular weight excluding hydrogens is 601 g/mol. The van der Waals surface area contributed by atoms with Gasteiger partial charge in [0.05, 0.1) is 9.79 Å². The molecule has 4 N–H and O–H groups in total. The molecule has 44 heavy (non-hydrogen) atoms. The number of hydrogen-bond donors (Lipinski definition) is 3. The van der Waals surface area contributed by atoms with Gasteiger partial charge in [-0.2, -0.15) is 0 Å². The molecule has 1 heterocycles. The smallest absolute Gasteiger partial charge is 0.257 e. The highest BCUT2D eigenvalue weighted by atomic mass is 32.3. The second-order valence-electron chi connectivity index (χ2n) is 11.1. The number of rotatable bonds is 9. The van der Waals surface area contributed by atoms with Crippen molar-refractivity contribution >= 4 is 59.1 Å². The van der Waals surface area contributed by atoms with Gasteiger partial charge in [0.1, 0.15) is 6.54 Å². The van der Waals surface area contributed by atoms with E-state index < -0.39 is 32.5 Å². The van der Waals surface area contributed by atoms with E-state index in [0.717, 1.165) is 23.9 Å². The summed E-state index contributed by atoms with van der Waals surface area (Å²) in [4.78, 5) is 16.4. The van der Waals surface area contributed by atoms with Crippen LogP contribution in [0, 0.1) is 11.3 Å². The minimum atomic E-state index is -4.77. The van der Waals surface area contributed by atoms with Crippen LogP contribution in [-0.2, 0) is 24.8 Å². The highest BCUT2D eigenvalue weighted by molar-refractivity contribution is 8.04. The summed E-state index contributed by atoms with van der Waals surface area (Å²) in [6.45, 7) is 0.366. The molecule has 232 valence electrons. The Morgan fingerprint density at radius 3 is 2.36 bits per heavy atom. The number of nitrogens with one attached hydrogen (secondary N) is 2. The maximum Gasteiger partial charge on any atom is 0.257 e. The summed E-state index contributed by atoms with van der Waals surface area (Å²) in [6.07, 6.45) is 1.57. The van der Waals surface area contributed by atoms with Gasteiger partial charge >= 0.3 is 0 Å². The Morgan fingerprint density at radius 1 is 0.932 bits per heavy atom. The van der Waals surface area contributed by atoms with Crippen LogP contribution in [0.2, 0.25) is 0 Å². The molecule has 1 atom stereocenters. The molecule has 11 nitrogen and oxygen atoms in total. The summed E-state index contributed by atoms with van der Waals surface area (Å²) in [5.74, 6) is -0.833. The number of carbonyl (C=O) groups excluding carboxylic acids is 1. The van der Waals surface area contributed by atoms with Crippen molar-refractivity contribution in [1.29, 1.82) is 5.41 Å². The number of anilines is 1. The van der Waals surface area contributed by atoms with Gasteiger partial charge in [0.2, 0.25) is 5.91 Å². The number of guanidine groups is 1. The van der Waals surface area contributed by atoms with Crippen molar-refractivity contribution in [3.63, 3.8) is 0 Å². The molecule has 1 saturated heterocycles. The Balaban J connectivity index is 1.54. The molecule has 0 saturated carbocycles. The number of sulfonamides is 2. The number of carbonyl (C=O) groups is 1. The molecule has 1 fully saturated rings. The zero-order chi connectivity index (χ0) is 31.6. The minimum Gasteiger partial charge on any atom is -0.377 e. The van der Waals surface area contributed by atoms with Crippen molar-refractivity contribution in [2.45, 2.75) is 22.6 Å². The first-order valence-electron chi connectivity index (χ1n) is 14.2.